The van der Waals surface area contributed by atoms with E-state index in [1.807, 2.05) is 6.92 Å². The highest BCUT2D eigenvalue weighted by Crippen LogP contribution is 2.39. The van der Waals surface area contributed by atoms with E-state index in [2.05, 4.69) is 36.6 Å². The Morgan fingerprint density at radius 1 is 0.842 bits per heavy atom. The normalized spacial score (nSPS) is 11.4. The Morgan fingerprint density at radius 3 is 1.79 bits per heavy atom. The molecule has 0 aliphatic rings. The van der Waals surface area contributed by atoms with Crippen molar-refractivity contribution in [1.29, 1.82) is 0 Å². The fraction of sp³-hybridized carbons (Fsp3) is 0.0769. The molecule has 2 heterocycles. The summed E-state index contributed by atoms with van der Waals surface area (Å²) in [5.41, 5.74) is 3.80. The topological polar surface area (TPSA) is 76.3 Å². The minimum absolute atomic E-state index is 0.578. The maximum Gasteiger partial charge on any atom is 0.119 e. The summed E-state index contributed by atoms with van der Waals surface area (Å²) in [6, 6.07) is 0. The lowest BCUT2D eigenvalue weighted by Crippen LogP contribution is -1.91. The number of benzene rings is 1. The standard InChI is InChI=1S/C13H10N6/c1-3-15-9-8(14-2)10-12(18-5-4-16-10)13-11(9)17-6-7-19-13/h3-7H,2H2,1H3. The first-order chi connectivity index (χ1) is 9.36. The van der Waals surface area contributed by atoms with Crippen molar-refractivity contribution >= 4 is 46.4 Å². The van der Waals surface area contributed by atoms with Gasteiger partial charge in [-0.3, -0.25) is 29.9 Å². The molecule has 3 rings (SSSR count). The van der Waals surface area contributed by atoms with Crippen LogP contribution in [-0.4, -0.2) is 32.9 Å². The maximum absolute atomic E-state index is 4.33. The van der Waals surface area contributed by atoms with E-state index in [1.54, 1.807) is 31.0 Å². The molecule has 19 heavy (non-hydrogen) atoms. The van der Waals surface area contributed by atoms with Gasteiger partial charge in [-0.05, 0) is 13.6 Å². The molecule has 92 valence electrons. The van der Waals surface area contributed by atoms with Crippen LogP contribution in [0.1, 0.15) is 6.92 Å². The lowest BCUT2D eigenvalue weighted by atomic mass is 10.1. The van der Waals surface area contributed by atoms with Crippen molar-refractivity contribution in [3.63, 3.8) is 0 Å². The lowest BCUT2D eigenvalue weighted by Gasteiger charge is -2.07. The zero-order valence-electron chi connectivity index (χ0n) is 10.3. The van der Waals surface area contributed by atoms with Gasteiger partial charge in [-0.15, -0.1) is 0 Å². The Labute approximate surface area is 109 Å². The summed E-state index contributed by atoms with van der Waals surface area (Å²) >= 11 is 0. The Kier molecular flexibility index (Phi) is 2.68. The molecule has 0 amide bonds. The van der Waals surface area contributed by atoms with E-state index in [1.165, 1.54) is 0 Å². The molecule has 6 nitrogen and oxygen atoms in total. The predicted octanol–water partition coefficient (Wildman–Crippen LogP) is 2.63. The molecule has 0 fully saturated rings. The van der Waals surface area contributed by atoms with Gasteiger partial charge >= 0.3 is 0 Å². The molecule has 0 radical (unpaired) electrons. The van der Waals surface area contributed by atoms with E-state index in [-0.39, 0.29) is 0 Å². The van der Waals surface area contributed by atoms with Gasteiger partial charge in [-0.1, -0.05) is 0 Å². The average Bonchev–Trinajstić information content (AvgIpc) is 2.48. The number of hydrogen-bond donors (Lipinski definition) is 0. The molecule has 0 unspecified atom stereocenters. The molecule has 6 heteroatoms. The largest absolute Gasteiger partial charge is 0.260 e. The highest BCUT2D eigenvalue weighted by molar-refractivity contribution is 6.13. The second kappa shape index (κ2) is 4.49. The summed E-state index contributed by atoms with van der Waals surface area (Å²) in [5, 5.41) is 0. The Balaban J connectivity index is 2.64. The number of aromatic nitrogens is 4. The summed E-state index contributed by atoms with van der Waals surface area (Å²) in [5.74, 6) is 0. The smallest absolute Gasteiger partial charge is 0.119 e. The van der Waals surface area contributed by atoms with Gasteiger partial charge in [0.05, 0.1) is 0 Å². The fourth-order valence-corrected chi connectivity index (χ4v) is 1.99. The highest BCUT2D eigenvalue weighted by Gasteiger charge is 2.16. The van der Waals surface area contributed by atoms with Gasteiger partial charge < -0.3 is 0 Å². The molecule has 0 bridgehead atoms. The van der Waals surface area contributed by atoms with Crippen LogP contribution in [0.15, 0.2) is 34.8 Å². The van der Waals surface area contributed by atoms with E-state index in [0.717, 1.165) is 0 Å². The number of hydrogen-bond acceptors (Lipinski definition) is 6. The van der Waals surface area contributed by atoms with Gasteiger partial charge in [0.2, 0.25) is 0 Å². The summed E-state index contributed by atoms with van der Waals surface area (Å²) in [4.78, 5) is 25.6. The van der Waals surface area contributed by atoms with E-state index in [9.17, 15) is 0 Å². The van der Waals surface area contributed by atoms with Gasteiger partial charge in [0.15, 0.2) is 0 Å². The third-order valence-corrected chi connectivity index (χ3v) is 2.71. The van der Waals surface area contributed by atoms with Crippen LogP contribution in [0.5, 0.6) is 0 Å². The molecule has 2 aromatic heterocycles. The van der Waals surface area contributed by atoms with Gasteiger partial charge in [0.25, 0.3) is 0 Å². The minimum Gasteiger partial charge on any atom is -0.260 e. The van der Waals surface area contributed by atoms with Crippen molar-refractivity contribution in [2.75, 3.05) is 0 Å². The molecule has 1 aromatic carbocycles. The van der Waals surface area contributed by atoms with Gasteiger partial charge in [-0.2, -0.15) is 0 Å². The van der Waals surface area contributed by atoms with Crippen molar-refractivity contribution < 1.29 is 0 Å². The summed E-state index contributed by atoms with van der Waals surface area (Å²) < 4.78 is 0. The van der Waals surface area contributed by atoms with Gasteiger partial charge in [-0.25, -0.2) is 0 Å². The van der Waals surface area contributed by atoms with Crippen LogP contribution in [0.4, 0.5) is 11.4 Å². The first-order valence-electron chi connectivity index (χ1n) is 5.69. The summed E-state index contributed by atoms with van der Waals surface area (Å²) in [7, 11) is 0. The second-order valence-corrected chi connectivity index (χ2v) is 3.75. The molecule has 0 N–H and O–H groups in total. The van der Waals surface area contributed by atoms with E-state index >= 15 is 0 Å². The second-order valence-electron chi connectivity index (χ2n) is 3.75. The monoisotopic (exact) mass is 250 g/mol. The quantitative estimate of drug-likeness (QED) is 0.517. The van der Waals surface area contributed by atoms with Crippen molar-refractivity contribution in [1.82, 2.24) is 19.9 Å². The van der Waals surface area contributed by atoms with Crippen LogP contribution in [0.3, 0.4) is 0 Å². The number of fused-ring (bicyclic) bond motifs is 3. The lowest BCUT2D eigenvalue weighted by molar-refractivity contribution is 1.25. The minimum atomic E-state index is 0.578. The number of rotatable bonds is 2. The molecule has 0 spiro atoms. The predicted molar refractivity (Wildman–Crippen MR) is 75.7 cm³/mol. The van der Waals surface area contributed by atoms with E-state index in [0.29, 0.717) is 33.4 Å². The van der Waals surface area contributed by atoms with E-state index in [4.69, 9.17) is 0 Å². The summed E-state index contributed by atoms with van der Waals surface area (Å²) in [6.45, 7) is 5.42. The zero-order valence-corrected chi connectivity index (χ0v) is 10.3. The Hall–Kier alpha value is -2.76. The average molecular weight is 250 g/mol. The number of nitrogens with zero attached hydrogens (tertiary/aromatic N) is 6. The van der Waals surface area contributed by atoms with Crippen LogP contribution in [0, 0.1) is 0 Å². The van der Waals surface area contributed by atoms with Crippen LogP contribution in [-0.2, 0) is 0 Å². The third-order valence-electron chi connectivity index (χ3n) is 2.71. The van der Waals surface area contributed by atoms with Crippen molar-refractivity contribution in [3.05, 3.63) is 24.8 Å². The van der Waals surface area contributed by atoms with Crippen LogP contribution in [0.2, 0.25) is 0 Å². The molecule has 3 aromatic rings. The Bertz CT molecular complexity index is 809. The van der Waals surface area contributed by atoms with Crippen molar-refractivity contribution in [2.24, 2.45) is 9.98 Å². The van der Waals surface area contributed by atoms with Crippen LogP contribution in [0.25, 0.3) is 22.1 Å². The molecule has 0 saturated heterocycles. The van der Waals surface area contributed by atoms with Crippen LogP contribution >= 0.6 is 0 Å². The Morgan fingerprint density at radius 2 is 1.32 bits per heavy atom. The van der Waals surface area contributed by atoms with E-state index < -0.39 is 0 Å². The maximum atomic E-state index is 4.33. The third kappa shape index (κ3) is 1.65. The molecular weight excluding hydrogens is 240 g/mol. The van der Waals surface area contributed by atoms with Crippen molar-refractivity contribution in [3.8, 4) is 0 Å². The van der Waals surface area contributed by atoms with Gasteiger partial charge in [0, 0.05) is 31.0 Å². The molecule has 0 atom stereocenters. The first kappa shape index (κ1) is 11.3. The molecule has 0 saturated carbocycles. The van der Waals surface area contributed by atoms with Gasteiger partial charge in [0.1, 0.15) is 33.4 Å². The highest BCUT2D eigenvalue weighted by atomic mass is 14.9. The fourth-order valence-electron chi connectivity index (χ4n) is 1.99. The van der Waals surface area contributed by atoms with Crippen LogP contribution < -0.4 is 0 Å². The number of aliphatic imine (C=N–C) groups is 2. The zero-order chi connectivity index (χ0) is 13.2. The summed E-state index contributed by atoms with van der Waals surface area (Å²) in [6.07, 6.45) is 8.15. The molecule has 0 aliphatic carbocycles. The SMILES string of the molecule is C=Nc1c(N=CC)c2nccnc2c2nccnc12. The first-order valence-corrected chi connectivity index (χ1v) is 5.69. The van der Waals surface area contributed by atoms with Crippen molar-refractivity contribution in [2.45, 2.75) is 6.92 Å². The molecule has 0 aliphatic heterocycles. The molecular formula is C13H10N6.